The molecule has 1 aliphatic rings. The summed E-state index contributed by atoms with van der Waals surface area (Å²) < 4.78 is 15.8. The molecule has 20 heavy (non-hydrogen) atoms. The highest BCUT2D eigenvalue weighted by atomic mass is 19.1. The zero-order chi connectivity index (χ0) is 14.2. The maximum atomic E-state index is 14.0. The first-order chi connectivity index (χ1) is 9.60. The maximum Gasteiger partial charge on any atom is 0.185 e. The van der Waals surface area contributed by atoms with E-state index in [9.17, 15) is 4.39 Å². The zero-order valence-corrected chi connectivity index (χ0v) is 11.5. The molecule has 2 aromatic rings. The van der Waals surface area contributed by atoms with Crippen LogP contribution in [0, 0.1) is 5.82 Å². The normalized spacial score (nSPS) is 18.1. The van der Waals surface area contributed by atoms with Gasteiger partial charge in [-0.15, -0.1) is 5.10 Å². The van der Waals surface area contributed by atoms with Gasteiger partial charge in [0, 0.05) is 5.69 Å². The SMILES string of the molecule is CC1(n2nnnc2-c2cc(N)ccc2F)CCCCC1. The summed E-state index contributed by atoms with van der Waals surface area (Å²) in [6.07, 6.45) is 5.55. The molecule has 0 aliphatic heterocycles. The lowest BCUT2D eigenvalue weighted by Gasteiger charge is -2.34. The predicted molar refractivity (Wildman–Crippen MR) is 74.4 cm³/mol. The van der Waals surface area contributed by atoms with E-state index in [1.807, 2.05) is 0 Å². The van der Waals surface area contributed by atoms with Crippen molar-refractivity contribution in [2.75, 3.05) is 5.73 Å². The summed E-state index contributed by atoms with van der Waals surface area (Å²) in [5.41, 5.74) is 6.47. The number of hydrogen-bond donors (Lipinski definition) is 1. The van der Waals surface area contributed by atoms with Gasteiger partial charge in [-0.3, -0.25) is 0 Å². The molecule has 0 radical (unpaired) electrons. The molecular weight excluding hydrogens is 257 g/mol. The average Bonchev–Trinajstić information content (AvgIpc) is 2.92. The van der Waals surface area contributed by atoms with E-state index in [-0.39, 0.29) is 11.4 Å². The number of hydrogen-bond acceptors (Lipinski definition) is 4. The first-order valence-corrected chi connectivity index (χ1v) is 6.94. The Morgan fingerprint density at radius 1 is 1.25 bits per heavy atom. The van der Waals surface area contributed by atoms with Gasteiger partial charge in [-0.05, 0) is 48.4 Å². The van der Waals surface area contributed by atoms with Crippen LogP contribution >= 0.6 is 0 Å². The molecule has 1 saturated carbocycles. The second-order valence-electron chi connectivity index (χ2n) is 5.71. The van der Waals surface area contributed by atoms with Crippen molar-refractivity contribution in [2.45, 2.75) is 44.6 Å². The number of anilines is 1. The van der Waals surface area contributed by atoms with E-state index >= 15 is 0 Å². The molecule has 0 atom stereocenters. The third-order valence-corrected chi connectivity index (χ3v) is 4.14. The van der Waals surface area contributed by atoms with Gasteiger partial charge in [-0.2, -0.15) is 0 Å². The molecule has 106 valence electrons. The lowest BCUT2D eigenvalue weighted by atomic mass is 9.83. The van der Waals surface area contributed by atoms with Crippen LogP contribution in [0.3, 0.4) is 0 Å². The molecule has 6 heteroatoms. The van der Waals surface area contributed by atoms with Gasteiger partial charge in [-0.25, -0.2) is 9.07 Å². The molecule has 0 saturated heterocycles. The van der Waals surface area contributed by atoms with E-state index in [2.05, 4.69) is 22.4 Å². The molecule has 5 nitrogen and oxygen atoms in total. The van der Waals surface area contributed by atoms with Gasteiger partial charge in [0.1, 0.15) is 5.82 Å². The minimum absolute atomic E-state index is 0.145. The van der Waals surface area contributed by atoms with Crippen molar-refractivity contribution in [3.05, 3.63) is 24.0 Å². The van der Waals surface area contributed by atoms with Crippen molar-refractivity contribution in [2.24, 2.45) is 0 Å². The number of aromatic nitrogens is 4. The molecule has 0 amide bonds. The summed E-state index contributed by atoms with van der Waals surface area (Å²) in [5, 5.41) is 11.9. The first-order valence-electron chi connectivity index (χ1n) is 6.94. The molecule has 2 N–H and O–H groups in total. The Morgan fingerprint density at radius 3 is 2.75 bits per heavy atom. The second-order valence-corrected chi connectivity index (χ2v) is 5.71. The largest absolute Gasteiger partial charge is 0.399 e. The van der Waals surface area contributed by atoms with Crippen molar-refractivity contribution in [1.29, 1.82) is 0 Å². The van der Waals surface area contributed by atoms with Crippen LogP contribution in [-0.2, 0) is 5.54 Å². The predicted octanol–water partition coefficient (Wildman–Crippen LogP) is 2.74. The number of halogens is 1. The number of nitrogens with two attached hydrogens (primary N) is 1. The molecule has 0 bridgehead atoms. The summed E-state index contributed by atoms with van der Waals surface area (Å²) in [4.78, 5) is 0. The van der Waals surface area contributed by atoms with Crippen LogP contribution < -0.4 is 5.73 Å². The fourth-order valence-corrected chi connectivity index (χ4v) is 2.96. The molecule has 1 fully saturated rings. The molecule has 1 heterocycles. The Balaban J connectivity index is 2.08. The molecule has 0 unspecified atom stereocenters. The number of rotatable bonds is 2. The van der Waals surface area contributed by atoms with Crippen LogP contribution in [0.15, 0.2) is 18.2 Å². The van der Waals surface area contributed by atoms with E-state index in [4.69, 9.17) is 5.73 Å². The topological polar surface area (TPSA) is 69.6 Å². The molecule has 1 aromatic carbocycles. The van der Waals surface area contributed by atoms with Gasteiger partial charge in [-0.1, -0.05) is 19.3 Å². The maximum absolute atomic E-state index is 14.0. The van der Waals surface area contributed by atoms with Crippen molar-refractivity contribution in [1.82, 2.24) is 20.2 Å². The van der Waals surface area contributed by atoms with Crippen LogP contribution in [0.4, 0.5) is 10.1 Å². The Hall–Kier alpha value is -1.98. The Bertz CT molecular complexity index is 616. The molecular formula is C14H18FN5. The highest BCUT2D eigenvalue weighted by Crippen LogP contribution is 2.36. The average molecular weight is 275 g/mol. The minimum Gasteiger partial charge on any atom is -0.399 e. The third kappa shape index (κ3) is 2.15. The quantitative estimate of drug-likeness (QED) is 0.855. The van der Waals surface area contributed by atoms with Gasteiger partial charge in [0.15, 0.2) is 5.82 Å². The summed E-state index contributed by atoms with van der Waals surface area (Å²) in [6.45, 7) is 2.14. The smallest absolute Gasteiger partial charge is 0.185 e. The lowest BCUT2D eigenvalue weighted by Crippen LogP contribution is -2.34. The summed E-state index contributed by atoms with van der Waals surface area (Å²) in [5.74, 6) is 0.105. The third-order valence-electron chi connectivity index (χ3n) is 4.14. The summed E-state index contributed by atoms with van der Waals surface area (Å²) in [7, 11) is 0. The van der Waals surface area contributed by atoms with Crippen LogP contribution in [0.1, 0.15) is 39.0 Å². The molecule has 1 aliphatic carbocycles. The first kappa shape index (κ1) is 13.0. The second kappa shape index (κ2) is 4.85. The monoisotopic (exact) mass is 275 g/mol. The fourth-order valence-electron chi connectivity index (χ4n) is 2.96. The van der Waals surface area contributed by atoms with Crippen LogP contribution in [0.5, 0.6) is 0 Å². The van der Waals surface area contributed by atoms with E-state index in [1.165, 1.54) is 18.6 Å². The number of benzene rings is 1. The lowest BCUT2D eigenvalue weighted by molar-refractivity contribution is 0.196. The molecule has 3 rings (SSSR count). The van der Waals surface area contributed by atoms with Crippen molar-refractivity contribution in [3.63, 3.8) is 0 Å². The van der Waals surface area contributed by atoms with Crippen LogP contribution in [0.2, 0.25) is 0 Å². The minimum atomic E-state index is -0.352. The standard InChI is InChI=1S/C14H18FN5/c1-14(7-3-2-4-8-14)20-13(17-18-19-20)11-9-10(16)5-6-12(11)15/h5-6,9H,2-4,7-8,16H2,1H3. The van der Waals surface area contributed by atoms with Gasteiger partial charge < -0.3 is 5.73 Å². The van der Waals surface area contributed by atoms with E-state index in [1.54, 1.807) is 10.7 Å². The van der Waals surface area contributed by atoms with E-state index in [0.29, 0.717) is 17.1 Å². The Kier molecular flexibility index (Phi) is 3.16. The zero-order valence-electron chi connectivity index (χ0n) is 11.5. The highest BCUT2D eigenvalue weighted by Gasteiger charge is 2.33. The Morgan fingerprint density at radius 2 is 2.00 bits per heavy atom. The van der Waals surface area contributed by atoms with Crippen LogP contribution in [-0.4, -0.2) is 20.2 Å². The van der Waals surface area contributed by atoms with Gasteiger partial charge in [0.25, 0.3) is 0 Å². The van der Waals surface area contributed by atoms with Crippen molar-refractivity contribution in [3.8, 4) is 11.4 Å². The number of nitrogen functional groups attached to an aromatic ring is 1. The van der Waals surface area contributed by atoms with Gasteiger partial charge in [0.05, 0.1) is 11.1 Å². The Labute approximate surface area is 117 Å². The van der Waals surface area contributed by atoms with Crippen LogP contribution in [0.25, 0.3) is 11.4 Å². The number of nitrogens with zero attached hydrogens (tertiary/aromatic N) is 4. The molecule has 1 aromatic heterocycles. The molecule has 0 spiro atoms. The summed E-state index contributed by atoms with van der Waals surface area (Å²) in [6, 6.07) is 4.48. The highest BCUT2D eigenvalue weighted by molar-refractivity contribution is 5.61. The number of tetrazole rings is 1. The van der Waals surface area contributed by atoms with Crippen molar-refractivity contribution >= 4 is 5.69 Å². The van der Waals surface area contributed by atoms with E-state index < -0.39 is 0 Å². The van der Waals surface area contributed by atoms with Gasteiger partial charge in [0.2, 0.25) is 0 Å². The fraction of sp³-hybridized carbons (Fsp3) is 0.500. The van der Waals surface area contributed by atoms with E-state index in [0.717, 1.165) is 25.7 Å². The summed E-state index contributed by atoms with van der Waals surface area (Å²) >= 11 is 0. The van der Waals surface area contributed by atoms with Crippen molar-refractivity contribution < 1.29 is 4.39 Å². The van der Waals surface area contributed by atoms with Gasteiger partial charge >= 0.3 is 0 Å².